The molecule has 0 bridgehead atoms. The van der Waals surface area contributed by atoms with Crippen LogP contribution in [0.25, 0.3) is 0 Å². The summed E-state index contributed by atoms with van der Waals surface area (Å²) in [4.78, 5) is 44.4. The van der Waals surface area contributed by atoms with Gasteiger partial charge >= 0.3 is 0 Å². The molecule has 8 nitrogen and oxygen atoms in total. The molecule has 2 aliphatic heterocycles. The quantitative estimate of drug-likeness (QED) is 0.324. The summed E-state index contributed by atoms with van der Waals surface area (Å²) in [6.45, 7) is 3.17. The van der Waals surface area contributed by atoms with E-state index >= 15 is 0 Å². The van der Waals surface area contributed by atoms with E-state index in [1.54, 1.807) is 45.9 Å². The number of amides is 3. The molecule has 2 N–H and O–H groups in total. The Morgan fingerprint density at radius 1 is 1.00 bits per heavy atom. The van der Waals surface area contributed by atoms with Gasteiger partial charge in [-0.25, -0.2) is 0 Å². The summed E-state index contributed by atoms with van der Waals surface area (Å²) in [5, 5.41) is 21.4. The van der Waals surface area contributed by atoms with Crippen molar-refractivity contribution in [1.29, 1.82) is 0 Å². The van der Waals surface area contributed by atoms with Crippen LogP contribution in [0, 0.1) is 5.92 Å². The molecule has 5 rings (SSSR count). The molecule has 2 heterocycles. The van der Waals surface area contributed by atoms with Crippen LogP contribution in [0.15, 0.2) is 91.0 Å². The number of carbonyl (C=O) groups excluding carboxylic acids is 3. The van der Waals surface area contributed by atoms with Crippen molar-refractivity contribution in [1.82, 2.24) is 4.90 Å². The average molecular weight is 582 g/mol. The molecule has 2 aliphatic rings. The van der Waals surface area contributed by atoms with E-state index in [1.165, 1.54) is 0 Å². The molecule has 0 aromatic heterocycles. The SMILES string of the molecule is C[C@@H](/C=C/CC(=O)N(CCO)Cc1ccccc1)[C@]1(O)C(=O)N(Cc2cccc(N3CCCCC3=O)c2)c2ccccc21. The smallest absolute Gasteiger partial charge is 0.264 e. The zero-order chi connectivity index (χ0) is 30.4. The monoisotopic (exact) mass is 581 g/mol. The van der Waals surface area contributed by atoms with Crippen molar-refractivity contribution in [3.63, 3.8) is 0 Å². The Bertz CT molecular complexity index is 1490. The summed E-state index contributed by atoms with van der Waals surface area (Å²) in [6, 6.07) is 24.5. The van der Waals surface area contributed by atoms with E-state index in [4.69, 9.17) is 0 Å². The highest BCUT2D eigenvalue weighted by molar-refractivity contribution is 6.07. The molecule has 2 atom stereocenters. The Morgan fingerprint density at radius 2 is 1.74 bits per heavy atom. The first-order valence-electron chi connectivity index (χ1n) is 14.9. The highest BCUT2D eigenvalue weighted by Crippen LogP contribution is 2.45. The molecule has 0 spiro atoms. The highest BCUT2D eigenvalue weighted by Gasteiger charge is 2.52. The second-order valence-corrected chi connectivity index (χ2v) is 11.3. The van der Waals surface area contributed by atoms with Gasteiger partial charge in [-0.3, -0.25) is 14.4 Å². The van der Waals surface area contributed by atoms with E-state index in [9.17, 15) is 24.6 Å². The molecule has 0 saturated carbocycles. The number of aliphatic hydroxyl groups is 2. The second-order valence-electron chi connectivity index (χ2n) is 11.3. The van der Waals surface area contributed by atoms with Gasteiger partial charge in [0.2, 0.25) is 11.8 Å². The molecule has 224 valence electrons. The second kappa shape index (κ2) is 13.4. The van der Waals surface area contributed by atoms with Gasteiger partial charge in [0.25, 0.3) is 5.91 Å². The maximum atomic E-state index is 13.9. The number of benzene rings is 3. The first-order chi connectivity index (χ1) is 20.8. The number of fused-ring (bicyclic) bond motifs is 1. The van der Waals surface area contributed by atoms with Gasteiger partial charge in [0.1, 0.15) is 0 Å². The molecule has 1 fully saturated rings. The van der Waals surface area contributed by atoms with Gasteiger partial charge in [-0.15, -0.1) is 0 Å². The van der Waals surface area contributed by atoms with E-state index in [-0.39, 0.29) is 37.9 Å². The van der Waals surface area contributed by atoms with E-state index in [0.29, 0.717) is 30.8 Å². The van der Waals surface area contributed by atoms with Crippen molar-refractivity contribution in [3.05, 3.63) is 108 Å². The molecular formula is C35H39N3O5. The Morgan fingerprint density at radius 3 is 2.51 bits per heavy atom. The van der Waals surface area contributed by atoms with Crippen molar-refractivity contribution < 1.29 is 24.6 Å². The maximum Gasteiger partial charge on any atom is 0.264 e. The molecule has 0 radical (unpaired) electrons. The molecule has 8 heteroatoms. The van der Waals surface area contributed by atoms with Crippen LogP contribution in [-0.4, -0.2) is 52.5 Å². The zero-order valence-electron chi connectivity index (χ0n) is 24.6. The summed E-state index contributed by atoms with van der Waals surface area (Å²) in [7, 11) is 0. The van der Waals surface area contributed by atoms with Crippen LogP contribution in [0.3, 0.4) is 0 Å². The largest absolute Gasteiger partial charge is 0.395 e. The van der Waals surface area contributed by atoms with Crippen molar-refractivity contribution >= 4 is 29.1 Å². The third kappa shape index (κ3) is 6.40. The summed E-state index contributed by atoms with van der Waals surface area (Å²) in [5.74, 6) is -1.08. The van der Waals surface area contributed by atoms with Gasteiger partial charge in [0.15, 0.2) is 5.60 Å². The lowest BCUT2D eigenvalue weighted by molar-refractivity contribution is -0.139. The summed E-state index contributed by atoms with van der Waals surface area (Å²) < 4.78 is 0. The number of rotatable bonds is 11. The number of piperidine rings is 1. The van der Waals surface area contributed by atoms with Gasteiger partial charge in [-0.2, -0.15) is 0 Å². The first-order valence-corrected chi connectivity index (χ1v) is 14.9. The van der Waals surface area contributed by atoms with Crippen LogP contribution < -0.4 is 9.80 Å². The van der Waals surface area contributed by atoms with Crippen LogP contribution >= 0.6 is 0 Å². The standard InChI is InChI=1S/C35H39N3O5/c1-26(11-9-19-32(40)36(21-22-39)24-27-12-3-2-4-13-27)35(43)30-16-5-6-17-31(30)38(34(35)42)25-28-14-10-15-29(23-28)37-20-8-7-18-33(37)41/h2-6,9-17,23,26,39,43H,7-8,18-22,24-25H2,1H3/b11-9+/t26-,35+/m0/s1. The normalized spacial score (nSPS) is 19.1. The topological polar surface area (TPSA) is 101 Å². The van der Waals surface area contributed by atoms with Crippen LogP contribution in [-0.2, 0) is 33.1 Å². The van der Waals surface area contributed by atoms with E-state index < -0.39 is 17.4 Å². The number of aliphatic hydroxyl groups excluding tert-OH is 1. The number of hydrogen-bond donors (Lipinski definition) is 2. The Hall–Kier alpha value is -4.27. The van der Waals surface area contributed by atoms with Crippen molar-refractivity contribution in [3.8, 4) is 0 Å². The number of para-hydroxylation sites is 1. The number of carbonyl (C=O) groups is 3. The fraction of sp³-hybridized carbons (Fsp3) is 0.343. The highest BCUT2D eigenvalue weighted by atomic mass is 16.3. The molecule has 0 unspecified atom stereocenters. The van der Waals surface area contributed by atoms with Crippen LogP contribution in [0.4, 0.5) is 11.4 Å². The molecule has 3 amide bonds. The number of nitrogens with zero attached hydrogens (tertiary/aromatic N) is 3. The van der Waals surface area contributed by atoms with Gasteiger partial charge in [0, 0.05) is 49.6 Å². The van der Waals surface area contributed by atoms with Crippen molar-refractivity contribution in [2.45, 2.75) is 51.3 Å². The predicted octanol–water partition coefficient (Wildman–Crippen LogP) is 4.54. The summed E-state index contributed by atoms with van der Waals surface area (Å²) in [6.07, 6.45) is 5.90. The third-order valence-electron chi connectivity index (χ3n) is 8.38. The van der Waals surface area contributed by atoms with E-state index in [1.807, 2.05) is 66.7 Å². The van der Waals surface area contributed by atoms with Crippen LogP contribution in [0.5, 0.6) is 0 Å². The molecule has 43 heavy (non-hydrogen) atoms. The minimum Gasteiger partial charge on any atom is -0.395 e. The van der Waals surface area contributed by atoms with Gasteiger partial charge in [0.05, 0.1) is 18.8 Å². The lowest BCUT2D eigenvalue weighted by Crippen LogP contribution is -2.44. The lowest BCUT2D eigenvalue weighted by Gasteiger charge is -2.28. The number of hydrogen-bond acceptors (Lipinski definition) is 5. The van der Waals surface area contributed by atoms with Crippen LogP contribution in [0.2, 0.25) is 0 Å². The lowest BCUT2D eigenvalue weighted by atomic mass is 9.83. The molecular weight excluding hydrogens is 542 g/mol. The van der Waals surface area contributed by atoms with Gasteiger partial charge in [-0.1, -0.05) is 79.7 Å². The van der Waals surface area contributed by atoms with Gasteiger partial charge in [-0.05, 0) is 42.2 Å². The maximum absolute atomic E-state index is 13.9. The average Bonchev–Trinajstić information content (AvgIpc) is 3.24. The molecule has 1 saturated heterocycles. The molecule has 3 aromatic carbocycles. The van der Waals surface area contributed by atoms with Crippen LogP contribution in [0.1, 0.15) is 49.3 Å². The Labute approximate surface area is 252 Å². The molecule has 0 aliphatic carbocycles. The fourth-order valence-corrected chi connectivity index (χ4v) is 6.00. The zero-order valence-corrected chi connectivity index (χ0v) is 24.6. The first kappa shape index (κ1) is 30.2. The minimum absolute atomic E-state index is 0.0782. The Kier molecular flexibility index (Phi) is 9.38. The van der Waals surface area contributed by atoms with Crippen molar-refractivity contribution in [2.24, 2.45) is 5.92 Å². The predicted molar refractivity (Wildman–Crippen MR) is 166 cm³/mol. The van der Waals surface area contributed by atoms with Gasteiger partial charge < -0.3 is 24.9 Å². The fourth-order valence-electron chi connectivity index (χ4n) is 6.00. The summed E-state index contributed by atoms with van der Waals surface area (Å²) in [5.41, 5.74) is 2.02. The number of anilines is 2. The minimum atomic E-state index is -1.80. The third-order valence-corrected chi connectivity index (χ3v) is 8.38. The van der Waals surface area contributed by atoms with Crippen molar-refractivity contribution in [2.75, 3.05) is 29.5 Å². The van der Waals surface area contributed by atoms with E-state index in [2.05, 4.69) is 0 Å². The Balaban J connectivity index is 1.31. The molecule has 3 aromatic rings. The van der Waals surface area contributed by atoms with E-state index in [0.717, 1.165) is 29.7 Å². The summed E-state index contributed by atoms with van der Waals surface area (Å²) >= 11 is 0.